The zero-order valence-corrected chi connectivity index (χ0v) is 13.3. The second kappa shape index (κ2) is 5.68. The molecule has 1 aromatic carbocycles. The fourth-order valence-electron chi connectivity index (χ4n) is 2.30. The number of nitrogens with zero attached hydrogens (tertiary/aromatic N) is 2. The Morgan fingerprint density at radius 3 is 2.50 bits per heavy atom. The first-order valence-corrected chi connectivity index (χ1v) is 8.27. The lowest BCUT2D eigenvalue weighted by atomic mass is 10.1. The van der Waals surface area contributed by atoms with E-state index in [-0.39, 0.29) is 17.6 Å². The Labute approximate surface area is 135 Å². The second-order valence-electron chi connectivity index (χ2n) is 5.31. The molecule has 2 heterocycles. The van der Waals surface area contributed by atoms with Crippen molar-refractivity contribution >= 4 is 21.3 Å². The van der Waals surface area contributed by atoms with E-state index in [9.17, 15) is 21.9 Å². The summed E-state index contributed by atoms with van der Waals surface area (Å²) in [7, 11) is -5.00. The van der Waals surface area contributed by atoms with Gasteiger partial charge in [0.15, 0.2) is 0 Å². The normalized spacial score (nSPS) is 11.8. The number of nitrogens with one attached hydrogen (secondary N) is 1. The smallest absolute Gasteiger partial charge is 0.273 e. The van der Waals surface area contributed by atoms with Crippen LogP contribution in [0.2, 0.25) is 0 Å². The molecule has 0 saturated heterocycles. The van der Waals surface area contributed by atoms with Gasteiger partial charge >= 0.3 is 15.9 Å². The molecule has 3 rings (SSSR count). The maximum Gasteiger partial charge on any atom is 0.333 e. The van der Waals surface area contributed by atoms with Crippen molar-refractivity contribution in [2.45, 2.75) is 18.4 Å². The van der Waals surface area contributed by atoms with Gasteiger partial charge in [0, 0.05) is 0 Å². The summed E-state index contributed by atoms with van der Waals surface area (Å²) in [6.07, 6.45) is 0.780. The minimum Gasteiger partial charge on any atom is -0.273 e. The number of hydrogen-bond donors (Lipinski definition) is 1. The molecule has 1 N–H and O–H groups in total. The lowest BCUT2D eigenvalue weighted by molar-refractivity contribution is 0.551. The Kier molecular flexibility index (Phi) is 3.80. The molecule has 0 aliphatic rings. The SMILES string of the molecule is Cc1ccc(Cn2c(=O)[nH]c(=O)c3cc(S(=O)(=O)F)cnc32)cc1. The van der Waals surface area contributed by atoms with E-state index in [1.54, 1.807) is 0 Å². The summed E-state index contributed by atoms with van der Waals surface area (Å²) in [6.45, 7) is 2.05. The molecule has 9 heteroatoms. The zero-order chi connectivity index (χ0) is 17.5. The maximum atomic E-state index is 13.1. The lowest BCUT2D eigenvalue weighted by Gasteiger charge is -2.09. The summed E-state index contributed by atoms with van der Waals surface area (Å²) in [6, 6.07) is 8.24. The van der Waals surface area contributed by atoms with Crippen molar-refractivity contribution in [1.29, 1.82) is 0 Å². The molecule has 0 fully saturated rings. The van der Waals surface area contributed by atoms with Gasteiger partial charge in [0.2, 0.25) is 0 Å². The van der Waals surface area contributed by atoms with Crippen LogP contribution in [0.1, 0.15) is 11.1 Å². The molecule has 0 atom stereocenters. The third-order valence-electron chi connectivity index (χ3n) is 3.55. The molecule has 0 aliphatic heterocycles. The van der Waals surface area contributed by atoms with Crippen LogP contribution >= 0.6 is 0 Å². The fraction of sp³-hybridized carbons (Fsp3) is 0.133. The Morgan fingerprint density at radius 1 is 1.21 bits per heavy atom. The number of fused-ring (bicyclic) bond motifs is 1. The van der Waals surface area contributed by atoms with Crippen LogP contribution in [0.4, 0.5) is 3.89 Å². The van der Waals surface area contributed by atoms with E-state index < -0.39 is 26.4 Å². The summed E-state index contributed by atoms with van der Waals surface area (Å²) < 4.78 is 36.2. The van der Waals surface area contributed by atoms with Gasteiger partial charge in [-0.2, -0.15) is 8.42 Å². The molecule has 0 saturated carbocycles. The average Bonchev–Trinajstić information content (AvgIpc) is 2.52. The minimum absolute atomic E-state index is 0.0169. The van der Waals surface area contributed by atoms with Gasteiger partial charge in [-0.3, -0.25) is 14.3 Å². The highest BCUT2D eigenvalue weighted by Gasteiger charge is 2.17. The number of benzene rings is 1. The van der Waals surface area contributed by atoms with Crippen molar-refractivity contribution in [2.75, 3.05) is 0 Å². The number of halogens is 1. The molecule has 24 heavy (non-hydrogen) atoms. The first kappa shape index (κ1) is 16.1. The van der Waals surface area contributed by atoms with E-state index in [4.69, 9.17) is 0 Å². The molecular weight excluding hydrogens is 337 g/mol. The zero-order valence-electron chi connectivity index (χ0n) is 12.5. The molecule has 124 valence electrons. The number of aromatic nitrogens is 3. The van der Waals surface area contributed by atoms with E-state index >= 15 is 0 Å². The van der Waals surface area contributed by atoms with Gasteiger partial charge in [-0.15, -0.1) is 3.89 Å². The molecule has 0 bridgehead atoms. The van der Waals surface area contributed by atoms with E-state index in [2.05, 4.69) is 9.97 Å². The number of H-pyrrole nitrogens is 1. The van der Waals surface area contributed by atoms with Crippen molar-refractivity contribution in [3.8, 4) is 0 Å². The van der Waals surface area contributed by atoms with Crippen LogP contribution in [-0.2, 0) is 16.8 Å². The van der Waals surface area contributed by atoms with E-state index in [1.165, 1.54) is 4.57 Å². The predicted octanol–water partition coefficient (Wildman–Crippen LogP) is 1.10. The molecule has 0 amide bonds. The Morgan fingerprint density at radius 2 is 1.88 bits per heavy atom. The predicted molar refractivity (Wildman–Crippen MR) is 85.2 cm³/mol. The Bertz CT molecular complexity index is 1150. The molecule has 7 nitrogen and oxygen atoms in total. The molecular formula is C15H12FN3O4S. The standard InChI is InChI=1S/C15H12FN3O4S/c1-9-2-4-10(5-3-9)8-19-13-12(14(20)18-15(19)21)6-11(7-17-13)24(16,22)23/h2-7H,8H2,1H3,(H,18,20,21). The molecule has 3 aromatic rings. The summed E-state index contributed by atoms with van der Waals surface area (Å²) in [5.41, 5.74) is 0.315. The first-order valence-electron chi connectivity index (χ1n) is 6.89. The van der Waals surface area contributed by atoms with E-state index in [0.29, 0.717) is 0 Å². The Hall–Kier alpha value is -2.81. The van der Waals surface area contributed by atoms with Crippen LogP contribution in [-0.4, -0.2) is 23.0 Å². The highest BCUT2D eigenvalue weighted by Crippen LogP contribution is 2.15. The van der Waals surface area contributed by atoms with E-state index in [0.717, 1.165) is 23.4 Å². The third-order valence-corrected chi connectivity index (χ3v) is 4.34. The van der Waals surface area contributed by atoms with Crippen molar-refractivity contribution in [1.82, 2.24) is 14.5 Å². The molecule has 0 spiro atoms. The van der Waals surface area contributed by atoms with Gasteiger partial charge in [-0.05, 0) is 18.6 Å². The number of pyridine rings is 1. The van der Waals surface area contributed by atoms with Gasteiger partial charge in [-0.25, -0.2) is 9.78 Å². The van der Waals surface area contributed by atoms with Crippen molar-refractivity contribution < 1.29 is 12.3 Å². The summed E-state index contributed by atoms with van der Waals surface area (Å²) in [4.78, 5) is 29.1. The number of aromatic amines is 1. The second-order valence-corrected chi connectivity index (χ2v) is 6.66. The molecule has 0 unspecified atom stereocenters. The number of hydrogen-bond acceptors (Lipinski definition) is 5. The van der Waals surface area contributed by atoms with Crippen molar-refractivity contribution in [3.63, 3.8) is 0 Å². The fourth-order valence-corrected chi connectivity index (χ4v) is 2.74. The maximum absolute atomic E-state index is 13.1. The summed E-state index contributed by atoms with van der Waals surface area (Å²) in [5, 5.41) is -0.180. The summed E-state index contributed by atoms with van der Waals surface area (Å²) >= 11 is 0. The van der Waals surface area contributed by atoms with Crippen LogP contribution in [0.25, 0.3) is 11.0 Å². The molecule has 0 radical (unpaired) electrons. The van der Waals surface area contributed by atoms with Crippen LogP contribution in [0.5, 0.6) is 0 Å². The molecule has 2 aromatic heterocycles. The largest absolute Gasteiger partial charge is 0.333 e. The molecule has 0 aliphatic carbocycles. The van der Waals surface area contributed by atoms with E-state index in [1.807, 2.05) is 31.2 Å². The van der Waals surface area contributed by atoms with Crippen molar-refractivity contribution in [2.24, 2.45) is 0 Å². The third kappa shape index (κ3) is 2.98. The van der Waals surface area contributed by atoms with Crippen LogP contribution < -0.4 is 11.2 Å². The van der Waals surface area contributed by atoms with Crippen LogP contribution in [0, 0.1) is 6.92 Å². The minimum atomic E-state index is -5.00. The average molecular weight is 349 g/mol. The summed E-state index contributed by atoms with van der Waals surface area (Å²) in [5.74, 6) is 0. The van der Waals surface area contributed by atoms with Gasteiger partial charge < -0.3 is 0 Å². The topological polar surface area (TPSA) is 102 Å². The van der Waals surface area contributed by atoms with Gasteiger partial charge in [-0.1, -0.05) is 29.8 Å². The van der Waals surface area contributed by atoms with Crippen LogP contribution in [0.3, 0.4) is 0 Å². The number of aryl methyl sites for hydroxylation is 1. The quantitative estimate of drug-likeness (QED) is 0.714. The monoisotopic (exact) mass is 349 g/mol. The van der Waals surface area contributed by atoms with Gasteiger partial charge in [0.25, 0.3) is 5.56 Å². The van der Waals surface area contributed by atoms with Crippen molar-refractivity contribution in [3.05, 3.63) is 68.5 Å². The van der Waals surface area contributed by atoms with Gasteiger partial charge in [0.05, 0.1) is 18.1 Å². The number of rotatable bonds is 3. The Balaban J connectivity index is 2.22. The van der Waals surface area contributed by atoms with Crippen LogP contribution in [0.15, 0.2) is 51.0 Å². The highest BCUT2D eigenvalue weighted by atomic mass is 32.3. The van der Waals surface area contributed by atoms with Gasteiger partial charge in [0.1, 0.15) is 10.5 Å². The lowest BCUT2D eigenvalue weighted by Crippen LogP contribution is -2.31. The highest BCUT2D eigenvalue weighted by molar-refractivity contribution is 7.86. The first-order chi connectivity index (χ1) is 11.3.